The molecule has 24 heavy (non-hydrogen) atoms. The predicted octanol–water partition coefficient (Wildman–Crippen LogP) is 5.39. The van der Waals surface area contributed by atoms with Gasteiger partial charge in [0.2, 0.25) is 0 Å². The first-order valence-corrected chi connectivity index (χ1v) is 11.4. The number of hydrogen-bond donors (Lipinski definition) is 1. The van der Waals surface area contributed by atoms with Crippen molar-refractivity contribution in [3.8, 4) is 0 Å². The van der Waals surface area contributed by atoms with Crippen LogP contribution in [0.3, 0.4) is 0 Å². The van der Waals surface area contributed by atoms with Gasteiger partial charge in [0, 0.05) is 18.7 Å². The van der Waals surface area contributed by atoms with Crippen LogP contribution in [-0.2, 0) is 4.43 Å². The van der Waals surface area contributed by atoms with Crippen molar-refractivity contribution in [2.75, 3.05) is 13.2 Å². The van der Waals surface area contributed by atoms with Crippen molar-refractivity contribution in [1.82, 2.24) is 5.32 Å². The fourth-order valence-electron chi connectivity index (χ4n) is 3.87. The van der Waals surface area contributed by atoms with Crippen LogP contribution >= 0.6 is 0 Å². The van der Waals surface area contributed by atoms with E-state index >= 15 is 0 Å². The maximum Gasteiger partial charge on any atom is 0.251 e. The van der Waals surface area contributed by atoms with E-state index in [1.54, 1.807) is 0 Å². The minimum atomic E-state index is -1.75. The summed E-state index contributed by atoms with van der Waals surface area (Å²) >= 11 is 0. The van der Waals surface area contributed by atoms with E-state index < -0.39 is 8.32 Å². The summed E-state index contributed by atoms with van der Waals surface area (Å²) in [4.78, 5) is 12.0. The van der Waals surface area contributed by atoms with E-state index in [-0.39, 0.29) is 5.91 Å². The zero-order valence-corrected chi connectivity index (χ0v) is 17.3. The van der Waals surface area contributed by atoms with E-state index in [9.17, 15) is 4.79 Å². The van der Waals surface area contributed by atoms with Crippen LogP contribution in [0.1, 0.15) is 64.7 Å². The Kier molecular flexibility index (Phi) is 8.71. The predicted molar refractivity (Wildman–Crippen MR) is 105 cm³/mol. The molecule has 0 aromatic heterocycles. The third-order valence-corrected chi connectivity index (χ3v) is 11.1. The molecule has 0 atom stereocenters. The Morgan fingerprint density at radius 1 is 0.958 bits per heavy atom. The van der Waals surface area contributed by atoms with E-state index in [4.69, 9.17) is 4.43 Å². The van der Waals surface area contributed by atoms with Crippen molar-refractivity contribution in [1.29, 1.82) is 0 Å². The number of hydrogen-bond acceptors (Lipinski definition) is 2. The number of benzene rings is 1. The molecule has 1 N–H and O–H groups in total. The quantitative estimate of drug-likeness (QED) is 0.454. The molecule has 0 spiro atoms. The van der Waals surface area contributed by atoms with Crippen molar-refractivity contribution in [3.05, 3.63) is 35.9 Å². The molecule has 0 aliphatic carbocycles. The zero-order chi connectivity index (χ0) is 18.2. The summed E-state index contributed by atoms with van der Waals surface area (Å²) in [7, 11) is -1.75. The first-order chi connectivity index (χ1) is 11.3. The standard InChI is InChI=1S/C20H35NO2Si/c1-16(2)24(17(3)4,18(5)6)23-15-11-10-14-21-20(22)19-12-8-7-9-13-19/h7-9,12-13,16-18H,10-11,14-15H2,1-6H3,(H,21,22). The first-order valence-electron chi connectivity index (χ1n) is 9.29. The normalized spacial score (nSPS) is 12.2. The summed E-state index contributed by atoms with van der Waals surface area (Å²) in [5, 5.41) is 2.98. The lowest BCUT2D eigenvalue weighted by Gasteiger charge is -2.42. The second-order valence-electron chi connectivity index (χ2n) is 7.50. The van der Waals surface area contributed by atoms with Gasteiger partial charge in [-0.1, -0.05) is 59.7 Å². The van der Waals surface area contributed by atoms with Gasteiger partial charge in [0.15, 0.2) is 8.32 Å². The van der Waals surface area contributed by atoms with Gasteiger partial charge in [0.05, 0.1) is 0 Å². The Morgan fingerprint density at radius 3 is 2.00 bits per heavy atom. The number of carbonyl (C=O) groups excluding carboxylic acids is 1. The van der Waals surface area contributed by atoms with E-state index in [0.717, 1.165) is 25.0 Å². The summed E-state index contributed by atoms with van der Waals surface area (Å²) in [5.74, 6) is 0.00628. The van der Waals surface area contributed by atoms with Gasteiger partial charge in [0.1, 0.15) is 0 Å². The van der Waals surface area contributed by atoms with Crippen LogP contribution in [0, 0.1) is 0 Å². The molecule has 0 aliphatic rings. The van der Waals surface area contributed by atoms with Gasteiger partial charge in [-0.25, -0.2) is 0 Å². The van der Waals surface area contributed by atoms with Crippen LogP contribution in [0.2, 0.25) is 16.6 Å². The van der Waals surface area contributed by atoms with Crippen LogP contribution in [0.15, 0.2) is 30.3 Å². The van der Waals surface area contributed by atoms with Gasteiger partial charge < -0.3 is 9.74 Å². The van der Waals surface area contributed by atoms with E-state index in [1.165, 1.54) is 0 Å². The number of unbranched alkanes of at least 4 members (excludes halogenated alkanes) is 1. The highest BCUT2D eigenvalue weighted by molar-refractivity contribution is 6.77. The molecule has 136 valence electrons. The van der Waals surface area contributed by atoms with Crippen LogP contribution in [0.5, 0.6) is 0 Å². The molecule has 1 rings (SSSR count). The Bertz CT molecular complexity index is 464. The van der Waals surface area contributed by atoms with Crippen LogP contribution in [-0.4, -0.2) is 27.4 Å². The Labute approximate surface area is 149 Å². The molecule has 0 bridgehead atoms. The summed E-state index contributed by atoms with van der Waals surface area (Å²) in [6, 6.07) is 9.37. The average Bonchev–Trinajstić information content (AvgIpc) is 2.53. The van der Waals surface area contributed by atoms with Gasteiger partial charge in [-0.3, -0.25) is 4.79 Å². The third kappa shape index (κ3) is 5.45. The fourth-order valence-corrected chi connectivity index (χ4v) is 9.37. The molecule has 0 fully saturated rings. The Hall–Kier alpha value is -1.13. The zero-order valence-electron chi connectivity index (χ0n) is 16.3. The lowest BCUT2D eigenvalue weighted by atomic mass is 10.2. The summed E-state index contributed by atoms with van der Waals surface area (Å²) < 4.78 is 6.53. The smallest absolute Gasteiger partial charge is 0.251 e. The minimum absolute atomic E-state index is 0.00628. The van der Waals surface area contributed by atoms with Crippen molar-refractivity contribution in [2.24, 2.45) is 0 Å². The van der Waals surface area contributed by atoms with Gasteiger partial charge in [-0.05, 0) is 41.6 Å². The van der Waals surface area contributed by atoms with Crippen molar-refractivity contribution in [3.63, 3.8) is 0 Å². The molecule has 0 aliphatic heterocycles. The Balaban J connectivity index is 2.35. The van der Waals surface area contributed by atoms with Gasteiger partial charge in [-0.15, -0.1) is 0 Å². The largest absolute Gasteiger partial charge is 0.416 e. The highest BCUT2D eigenvalue weighted by atomic mass is 28.4. The number of nitrogens with one attached hydrogen (secondary N) is 1. The van der Waals surface area contributed by atoms with Crippen molar-refractivity contribution < 1.29 is 9.22 Å². The van der Waals surface area contributed by atoms with E-state index in [0.29, 0.717) is 23.2 Å². The maximum atomic E-state index is 12.0. The monoisotopic (exact) mass is 349 g/mol. The summed E-state index contributed by atoms with van der Waals surface area (Å²) in [6.45, 7) is 15.4. The van der Waals surface area contributed by atoms with E-state index in [2.05, 4.69) is 46.9 Å². The molecular formula is C20H35NO2Si. The average molecular weight is 350 g/mol. The maximum absolute atomic E-state index is 12.0. The van der Waals surface area contributed by atoms with Crippen LogP contribution in [0.4, 0.5) is 0 Å². The molecule has 0 saturated carbocycles. The third-order valence-electron chi connectivity index (χ3n) is 4.95. The SMILES string of the molecule is CC(C)[Si](OCCCCNC(=O)c1ccccc1)(C(C)C)C(C)C. The van der Waals surface area contributed by atoms with E-state index in [1.807, 2.05) is 30.3 Å². The lowest BCUT2D eigenvalue weighted by molar-refractivity contribution is 0.0952. The molecule has 1 aromatic rings. The molecule has 4 heteroatoms. The molecule has 0 radical (unpaired) electrons. The summed E-state index contributed by atoms with van der Waals surface area (Å²) in [6.07, 6.45) is 1.95. The second-order valence-corrected chi connectivity index (χ2v) is 13.0. The molecule has 1 amide bonds. The molecule has 3 nitrogen and oxygen atoms in total. The Morgan fingerprint density at radius 2 is 1.50 bits per heavy atom. The van der Waals surface area contributed by atoms with Gasteiger partial charge in [0.25, 0.3) is 5.91 Å². The van der Waals surface area contributed by atoms with Gasteiger partial charge in [-0.2, -0.15) is 0 Å². The first kappa shape index (κ1) is 20.9. The minimum Gasteiger partial charge on any atom is -0.416 e. The molecule has 0 saturated heterocycles. The molecule has 0 heterocycles. The summed E-state index contributed by atoms with van der Waals surface area (Å²) in [5.41, 5.74) is 2.58. The fraction of sp³-hybridized carbons (Fsp3) is 0.650. The number of rotatable bonds is 10. The molecule has 1 aromatic carbocycles. The van der Waals surface area contributed by atoms with Gasteiger partial charge >= 0.3 is 0 Å². The lowest BCUT2D eigenvalue weighted by Crippen LogP contribution is -2.48. The number of carbonyl (C=O) groups is 1. The highest BCUT2D eigenvalue weighted by Gasteiger charge is 2.44. The van der Waals surface area contributed by atoms with Crippen LogP contribution in [0.25, 0.3) is 0 Å². The molecular weight excluding hydrogens is 314 g/mol. The number of amides is 1. The van der Waals surface area contributed by atoms with Crippen molar-refractivity contribution >= 4 is 14.2 Å². The second kappa shape index (κ2) is 9.99. The van der Waals surface area contributed by atoms with Crippen molar-refractivity contribution in [2.45, 2.75) is 71.0 Å². The highest BCUT2D eigenvalue weighted by Crippen LogP contribution is 2.42. The molecule has 0 unspecified atom stereocenters. The van der Waals surface area contributed by atoms with Crippen LogP contribution < -0.4 is 5.32 Å². The topological polar surface area (TPSA) is 38.3 Å².